The zero-order valence-corrected chi connectivity index (χ0v) is 21.4. The lowest BCUT2D eigenvalue weighted by atomic mass is 9.99. The molecule has 2 saturated heterocycles. The Kier molecular flexibility index (Phi) is 9.57. The molecule has 2 fully saturated rings. The van der Waals surface area contributed by atoms with Gasteiger partial charge in [0.15, 0.2) is 23.4 Å². The van der Waals surface area contributed by atoms with Gasteiger partial charge in [0.25, 0.3) is 0 Å². The topological polar surface area (TPSA) is 222 Å². The molecular formula is C27H30O14. The molecule has 7 N–H and O–H groups in total. The first-order valence-corrected chi connectivity index (χ1v) is 12.4. The number of aromatic hydroxyl groups is 2. The maximum absolute atomic E-state index is 12.4. The highest BCUT2D eigenvalue weighted by molar-refractivity contribution is 5.89. The van der Waals surface area contributed by atoms with Gasteiger partial charge in [-0.05, 0) is 35.9 Å². The largest absolute Gasteiger partial charge is 0.504 e. The number of aliphatic hydroxyl groups is 5. The summed E-state index contributed by atoms with van der Waals surface area (Å²) < 4.78 is 26.3. The number of esters is 2. The van der Waals surface area contributed by atoms with Crippen molar-refractivity contribution >= 4 is 18.0 Å². The van der Waals surface area contributed by atoms with Crippen molar-refractivity contribution in [2.45, 2.75) is 48.7 Å². The van der Waals surface area contributed by atoms with Gasteiger partial charge in [-0.2, -0.15) is 0 Å². The molecule has 2 heterocycles. The molecule has 2 aliphatic heterocycles. The summed E-state index contributed by atoms with van der Waals surface area (Å²) in [4.78, 5) is 24.4. The van der Waals surface area contributed by atoms with E-state index in [-0.39, 0.29) is 17.1 Å². The molecule has 0 radical (unpaired) electrons. The predicted octanol–water partition coefficient (Wildman–Crippen LogP) is -1.22. The van der Waals surface area contributed by atoms with E-state index in [9.17, 15) is 45.3 Å². The lowest BCUT2D eigenvalue weighted by Crippen LogP contribution is -2.60. The van der Waals surface area contributed by atoms with Crippen LogP contribution in [0.2, 0.25) is 0 Å². The minimum absolute atomic E-state index is 0.161. The summed E-state index contributed by atoms with van der Waals surface area (Å²) in [6.07, 6.45) is -9.06. The molecule has 0 spiro atoms. The first-order valence-electron chi connectivity index (χ1n) is 12.4. The number of benzene rings is 2. The third-order valence-electron chi connectivity index (χ3n) is 6.51. The third-order valence-corrected chi connectivity index (χ3v) is 6.51. The van der Waals surface area contributed by atoms with Gasteiger partial charge in [-0.25, -0.2) is 9.59 Å². The Bertz CT molecular complexity index is 1240. The van der Waals surface area contributed by atoms with Crippen LogP contribution in [-0.4, -0.2) is 116 Å². The highest BCUT2D eigenvalue weighted by Gasteiger charge is 2.51. The van der Waals surface area contributed by atoms with E-state index in [0.29, 0.717) is 5.56 Å². The van der Waals surface area contributed by atoms with Crippen LogP contribution in [0.4, 0.5) is 0 Å². The minimum Gasteiger partial charge on any atom is -0.504 e. The van der Waals surface area contributed by atoms with Crippen LogP contribution in [-0.2, 0) is 28.5 Å². The van der Waals surface area contributed by atoms with E-state index in [1.807, 2.05) is 0 Å². The number of phenolic OH excluding ortho intramolecular Hbond substituents is 2. The standard InChI is InChI=1S/C27H30O14/c28-16-8-6-14(10-17(16)29)7-9-19(30)38-12-27(36)13-39-26(23(27)34)37-11-18-20(31)21(32)22(33)25(40-18)41-24(35)15-4-2-1-3-5-15/h1-10,18,20-23,25-26,28-29,31-34,36H,11-13H2. The van der Waals surface area contributed by atoms with Crippen molar-refractivity contribution in [3.05, 3.63) is 65.7 Å². The Hall–Kier alpha value is -3.60. The van der Waals surface area contributed by atoms with Gasteiger partial charge in [0.05, 0.1) is 18.8 Å². The van der Waals surface area contributed by atoms with Crippen molar-refractivity contribution in [2.75, 3.05) is 19.8 Å². The predicted molar refractivity (Wildman–Crippen MR) is 135 cm³/mol. The molecule has 0 saturated carbocycles. The SMILES string of the molecule is O=C(C=Cc1ccc(O)c(O)c1)OCC1(O)COC(OCC2OC(OC(=O)c3ccccc3)C(O)C(O)C2O)C1O. The summed E-state index contributed by atoms with van der Waals surface area (Å²) in [5, 5.41) is 70.9. The fraction of sp³-hybridized carbons (Fsp3) is 0.407. The van der Waals surface area contributed by atoms with E-state index in [1.165, 1.54) is 36.4 Å². The highest BCUT2D eigenvalue weighted by atomic mass is 16.7. The molecule has 0 aromatic heterocycles. The van der Waals surface area contributed by atoms with Gasteiger partial charge in [0.2, 0.25) is 6.29 Å². The molecule has 8 unspecified atom stereocenters. The monoisotopic (exact) mass is 578 g/mol. The average Bonchev–Trinajstić information content (AvgIpc) is 3.25. The van der Waals surface area contributed by atoms with Gasteiger partial charge < -0.3 is 59.4 Å². The summed E-state index contributed by atoms with van der Waals surface area (Å²) >= 11 is 0. The van der Waals surface area contributed by atoms with Crippen molar-refractivity contribution in [3.63, 3.8) is 0 Å². The lowest BCUT2D eigenvalue weighted by Gasteiger charge is -2.40. The van der Waals surface area contributed by atoms with Gasteiger partial charge in [0, 0.05) is 6.08 Å². The second-order valence-corrected chi connectivity index (χ2v) is 9.54. The zero-order chi connectivity index (χ0) is 29.7. The van der Waals surface area contributed by atoms with Crippen molar-refractivity contribution in [1.82, 2.24) is 0 Å². The van der Waals surface area contributed by atoms with E-state index in [1.54, 1.807) is 18.2 Å². The molecule has 222 valence electrons. The van der Waals surface area contributed by atoms with E-state index in [0.717, 1.165) is 6.08 Å². The van der Waals surface area contributed by atoms with Crippen molar-refractivity contribution < 1.29 is 69.0 Å². The Morgan fingerprint density at radius 3 is 2.39 bits per heavy atom. The van der Waals surface area contributed by atoms with Crippen molar-refractivity contribution in [2.24, 2.45) is 0 Å². The molecule has 0 bridgehead atoms. The van der Waals surface area contributed by atoms with Crippen LogP contribution in [0, 0.1) is 0 Å². The van der Waals surface area contributed by atoms with Crippen LogP contribution in [0.5, 0.6) is 11.5 Å². The molecule has 14 nitrogen and oxygen atoms in total. The number of carbonyl (C=O) groups excluding carboxylic acids is 2. The molecule has 14 heteroatoms. The Labute approximate surface area is 233 Å². The number of aliphatic hydroxyl groups excluding tert-OH is 4. The smallest absolute Gasteiger partial charge is 0.340 e. The second kappa shape index (κ2) is 12.9. The van der Waals surface area contributed by atoms with Crippen LogP contribution in [0.15, 0.2) is 54.6 Å². The molecule has 2 aliphatic rings. The molecule has 0 amide bonds. The summed E-state index contributed by atoms with van der Waals surface area (Å²) in [7, 11) is 0. The van der Waals surface area contributed by atoms with Crippen molar-refractivity contribution in [3.8, 4) is 11.5 Å². The first-order chi connectivity index (χ1) is 19.5. The van der Waals surface area contributed by atoms with Crippen LogP contribution in [0.1, 0.15) is 15.9 Å². The Balaban J connectivity index is 1.28. The van der Waals surface area contributed by atoms with Gasteiger partial charge in [0.1, 0.15) is 37.1 Å². The van der Waals surface area contributed by atoms with Crippen LogP contribution >= 0.6 is 0 Å². The molecule has 0 aliphatic carbocycles. The Morgan fingerprint density at radius 2 is 1.68 bits per heavy atom. The molecule has 2 aromatic carbocycles. The molecular weight excluding hydrogens is 548 g/mol. The minimum atomic E-state index is -2.06. The fourth-order valence-electron chi connectivity index (χ4n) is 4.06. The zero-order valence-electron chi connectivity index (χ0n) is 21.4. The van der Waals surface area contributed by atoms with Gasteiger partial charge in [-0.3, -0.25) is 0 Å². The summed E-state index contributed by atoms with van der Waals surface area (Å²) in [5.74, 6) is -2.44. The first kappa shape index (κ1) is 30.4. The van der Waals surface area contributed by atoms with Crippen LogP contribution in [0.3, 0.4) is 0 Å². The maximum atomic E-state index is 12.4. The molecule has 4 rings (SSSR count). The van der Waals surface area contributed by atoms with Crippen LogP contribution in [0.25, 0.3) is 6.08 Å². The Morgan fingerprint density at radius 1 is 0.951 bits per heavy atom. The lowest BCUT2D eigenvalue weighted by molar-refractivity contribution is -0.295. The molecule has 41 heavy (non-hydrogen) atoms. The van der Waals surface area contributed by atoms with Gasteiger partial charge in [-0.1, -0.05) is 24.3 Å². The second-order valence-electron chi connectivity index (χ2n) is 9.54. The number of carbonyl (C=O) groups is 2. The summed E-state index contributed by atoms with van der Waals surface area (Å²) in [5.41, 5.74) is -1.51. The number of ether oxygens (including phenoxy) is 5. The number of phenols is 2. The number of rotatable bonds is 9. The number of hydrogen-bond acceptors (Lipinski definition) is 14. The van der Waals surface area contributed by atoms with Gasteiger partial charge >= 0.3 is 11.9 Å². The fourth-order valence-corrected chi connectivity index (χ4v) is 4.06. The van der Waals surface area contributed by atoms with E-state index in [2.05, 4.69) is 0 Å². The van der Waals surface area contributed by atoms with E-state index in [4.69, 9.17) is 23.7 Å². The molecule has 2 aromatic rings. The van der Waals surface area contributed by atoms with E-state index >= 15 is 0 Å². The highest BCUT2D eigenvalue weighted by Crippen LogP contribution is 2.29. The van der Waals surface area contributed by atoms with E-state index < -0.39 is 80.5 Å². The maximum Gasteiger partial charge on any atom is 0.340 e. The quantitative estimate of drug-likeness (QED) is 0.105. The third kappa shape index (κ3) is 7.19. The average molecular weight is 579 g/mol. The van der Waals surface area contributed by atoms with Gasteiger partial charge in [-0.15, -0.1) is 0 Å². The van der Waals surface area contributed by atoms with Crippen LogP contribution < -0.4 is 0 Å². The van der Waals surface area contributed by atoms with Crippen molar-refractivity contribution in [1.29, 1.82) is 0 Å². The normalized spacial score (nSPS) is 31.7. The molecule has 8 atom stereocenters. The summed E-state index contributed by atoms with van der Waals surface area (Å²) in [6.45, 7) is -1.69. The number of hydrogen-bond donors (Lipinski definition) is 7. The summed E-state index contributed by atoms with van der Waals surface area (Å²) in [6, 6.07) is 11.7.